The van der Waals surface area contributed by atoms with E-state index in [1.807, 2.05) is 0 Å². The molecule has 0 aliphatic heterocycles. The van der Waals surface area contributed by atoms with Crippen LogP contribution in [0.15, 0.2) is 0 Å². The summed E-state index contributed by atoms with van der Waals surface area (Å²) in [7, 11) is -5.33. The van der Waals surface area contributed by atoms with Gasteiger partial charge < -0.3 is 0 Å². The van der Waals surface area contributed by atoms with Gasteiger partial charge in [-0.3, -0.25) is 12.9 Å². The van der Waals surface area contributed by atoms with Crippen molar-refractivity contribution in [1.82, 2.24) is 0 Å². The zero-order valence-corrected chi connectivity index (χ0v) is 6.31. The Kier molecular flexibility index (Phi) is 6.55. The standard InChI is InChI=1S/C3H9FS.BF3/c1-5(2,3)4;2-1(3)4/h1-3H3;. The summed E-state index contributed by atoms with van der Waals surface area (Å²) in [6.45, 7) is 0. The summed E-state index contributed by atoms with van der Waals surface area (Å²) in [6, 6.07) is 0. The molecule has 9 heavy (non-hydrogen) atoms. The molecule has 0 saturated carbocycles. The van der Waals surface area contributed by atoms with Crippen molar-refractivity contribution in [1.29, 1.82) is 0 Å². The lowest BCUT2D eigenvalue weighted by Gasteiger charge is -2.08. The highest BCUT2D eigenvalue weighted by Gasteiger charge is 2.06. The quantitative estimate of drug-likeness (QED) is 0.381. The Morgan fingerprint density at radius 3 is 1.00 bits per heavy atom. The first kappa shape index (κ1) is 11.9. The topological polar surface area (TPSA) is 0 Å². The van der Waals surface area contributed by atoms with Crippen molar-refractivity contribution in [3.8, 4) is 0 Å². The second-order valence-electron chi connectivity index (χ2n) is 1.94. The van der Waals surface area contributed by atoms with Crippen LogP contribution >= 0.6 is 10.4 Å². The lowest BCUT2D eigenvalue weighted by molar-refractivity contribution is 0.535. The zero-order valence-electron chi connectivity index (χ0n) is 5.50. The molecule has 58 valence electrons. The average molecular weight is 164 g/mol. The molecule has 0 amide bonds. The SMILES string of the molecule is CS(C)(C)F.FB(F)F. The molecule has 0 aromatic carbocycles. The van der Waals surface area contributed by atoms with E-state index in [-0.39, 0.29) is 0 Å². The largest absolute Gasteiger partial charge is 0.762 e. The molecule has 6 heteroatoms. The van der Waals surface area contributed by atoms with Crippen LogP contribution in [0.2, 0.25) is 0 Å². The second-order valence-corrected chi connectivity index (χ2v) is 5.31. The Balaban J connectivity index is 0. The van der Waals surface area contributed by atoms with Crippen LogP contribution in [0.4, 0.5) is 16.8 Å². The third kappa shape index (κ3) is 16800. The summed E-state index contributed by atoms with van der Waals surface area (Å²) in [5.41, 5.74) is 0. The smallest absolute Gasteiger partial charge is 0.254 e. The molecule has 0 nitrogen and oxygen atoms in total. The lowest BCUT2D eigenvalue weighted by atomic mass is 10.5. The van der Waals surface area contributed by atoms with Crippen LogP contribution < -0.4 is 0 Å². The van der Waals surface area contributed by atoms with Crippen molar-refractivity contribution >= 4 is 18.0 Å². The summed E-state index contributed by atoms with van der Waals surface area (Å²) in [6.07, 6.45) is 4.81. The molecule has 0 heterocycles. The number of rotatable bonds is 0. The molecule has 0 saturated heterocycles. The van der Waals surface area contributed by atoms with Crippen LogP contribution in [0.1, 0.15) is 0 Å². The average Bonchev–Trinajstić information content (AvgIpc) is 1.19. The number of hydrogen-bond acceptors (Lipinski definition) is 0. The van der Waals surface area contributed by atoms with E-state index >= 15 is 0 Å². The molecule has 0 fully saturated rings. The molecule has 0 aromatic heterocycles. The molecular formula is C3H9BF4S. The highest BCUT2D eigenvalue weighted by Crippen LogP contribution is 2.35. The minimum Gasteiger partial charge on any atom is -0.254 e. The van der Waals surface area contributed by atoms with Gasteiger partial charge in [-0.25, -0.2) is 0 Å². The maximum absolute atomic E-state index is 11.8. The fraction of sp³-hybridized carbons (Fsp3) is 1.00. The van der Waals surface area contributed by atoms with Crippen molar-refractivity contribution < 1.29 is 16.8 Å². The van der Waals surface area contributed by atoms with Crippen LogP contribution in [0.3, 0.4) is 0 Å². The van der Waals surface area contributed by atoms with Gasteiger partial charge in [0.2, 0.25) is 0 Å². The third-order valence-corrected chi connectivity index (χ3v) is 0. The van der Waals surface area contributed by atoms with Crippen molar-refractivity contribution in [2.75, 3.05) is 18.8 Å². The fourth-order valence-corrected chi connectivity index (χ4v) is 0. The van der Waals surface area contributed by atoms with E-state index in [1.165, 1.54) is 0 Å². The second kappa shape index (κ2) is 4.96. The van der Waals surface area contributed by atoms with Crippen molar-refractivity contribution in [2.45, 2.75) is 0 Å². The van der Waals surface area contributed by atoms with Crippen LogP contribution in [-0.2, 0) is 0 Å². The highest BCUT2D eigenvalue weighted by atomic mass is 32.3. The zero-order chi connectivity index (χ0) is 8.08. The molecule has 0 aromatic rings. The van der Waals surface area contributed by atoms with Gasteiger partial charge in [0.05, 0.1) is 0 Å². The van der Waals surface area contributed by atoms with E-state index in [9.17, 15) is 16.8 Å². The third-order valence-electron chi connectivity index (χ3n) is 0. The summed E-state index contributed by atoms with van der Waals surface area (Å²) in [5, 5.41) is 0. The van der Waals surface area contributed by atoms with Gasteiger partial charge in [0.25, 0.3) is 0 Å². The minimum atomic E-state index is -3.67. The maximum Gasteiger partial charge on any atom is 0.762 e. The Labute approximate surface area is 54.5 Å². The lowest BCUT2D eigenvalue weighted by Crippen LogP contribution is -1.76. The molecule has 0 spiro atoms. The predicted octanol–water partition coefficient (Wildman–Crippen LogP) is 2.44. The van der Waals surface area contributed by atoms with E-state index in [4.69, 9.17) is 0 Å². The summed E-state index contributed by atoms with van der Waals surface area (Å²) >= 11 is 0. The molecule has 0 aliphatic carbocycles. The Hall–Kier alpha value is 0.135. The molecule has 0 bridgehead atoms. The Bertz CT molecular complexity index is 52.6. The van der Waals surface area contributed by atoms with Gasteiger partial charge in [-0.2, -0.15) is 3.89 Å². The highest BCUT2D eigenvalue weighted by molar-refractivity contribution is 8.27. The molecule has 0 aliphatic rings. The maximum atomic E-state index is 11.8. The van der Waals surface area contributed by atoms with Gasteiger partial charge in [0.1, 0.15) is 0 Å². The molecule has 0 rings (SSSR count). The van der Waals surface area contributed by atoms with E-state index in [2.05, 4.69) is 0 Å². The first-order valence-corrected chi connectivity index (χ1v) is 4.79. The normalized spacial score (nSPS) is 11.4. The van der Waals surface area contributed by atoms with Crippen LogP contribution in [-0.4, -0.2) is 26.3 Å². The van der Waals surface area contributed by atoms with E-state index < -0.39 is 18.0 Å². The molecular weight excluding hydrogens is 155 g/mol. The monoisotopic (exact) mass is 164 g/mol. The van der Waals surface area contributed by atoms with Crippen molar-refractivity contribution in [3.05, 3.63) is 0 Å². The fourth-order valence-electron chi connectivity index (χ4n) is 0. The Morgan fingerprint density at radius 2 is 1.00 bits per heavy atom. The number of hydrogen-bond donors (Lipinski definition) is 0. The molecule has 0 unspecified atom stereocenters. The van der Waals surface area contributed by atoms with Gasteiger partial charge in [-0.05, 0) is 18.8 Å². The molecule has 0 radical (unpaired) electrons. The summed E-state index contributed by atoms with van der Waals surface area (Å²) in [4.78, 5) is 0. The van der Waals surface area contributed by atoms with E-state index in [0.717, 1.165) is 0 Å². The van der Waals surface area contributed by atoms with E-state index in [0.29, 0.717) is 0 Å². The summed E-state index contributed by atoms with van der Waals surface area (Å²) < 4.78 is 40.8. The van der Waals surface area contributed by atoms with Crippen molar-refractivity contribution in [2.24, 2.45) is 0 Å². The first-order chi connectivity index (χ1) is 3.73. The Morgan fingerprint density at radius 1 is 1.00 bits per heavy atom. The van der Waals surface area contributed by atoms with E-state index in [1.54, 1.807) is 18.8 Å². The summed E-state index contributed by atoms with van der Waals surface area (Å²) in [5.74, 6) is 0. The van der Waals surface area contributed by atoms with Crippen LogP contribution in [0.25, 0.3) is 0 Å². The van der Waals surface area contributed by atoms with Gasteiger partial charge in [-0.15, -0.1) is 10.4 Å². The van der Waals surface area contributed by atoms with Crippen molar-refractivity contribution in [3.63, 3.8) is 0 Å². The predicted molar refractivity (Wildman–Crippen MR) is 35.5 cm³/mol. The van der Waals surface area contributed by atoms with Gasteiger partial charge in [-0.1, -0.05) is 0 Å². The number of halogens is 4. The molecule has 0 N–H and O–H groups in total. The first-order valence-electron chi connectivity index (χ1n) is 2.03. The minimum absolute atomic E-state index is 1.60. The van der Waals surface area contributed by atoms with Gasteiger partial charge >= 0.3 is 7.54 Å². The van der Waals surface area contributed by atoms with Crippen LogP contribution in [0, 0.1) is 0 Å². The molecule has 0 atom stereocenters. The van der Waals surface area contributed by atoms with Gasteiger partial charge in [0, 0.05) is 0 Å². The van der Waals surface area contributed by atoms with Gasteiger partial charge in [0.15, 0.2) is 0 Å². The van der Waals surface area contributed by atoms with Crippen LogP contribution in [0.5, 0.6) is 0 Å².